The van der Waals surface area contributed by atoms with E-state index >= 15 is 0 Å². The molecular formula is C17H14O2. The van der Waals surface area contributed by atoms with Gasteiger partial charge in [0.1, 0.15) is 5.75 Å². The Labute approximate surface area is 112 Å². The molecule has 2 heteroatoms. The van der Waals surface area contributed by atoms with Gasteiger partial charge < -0.3 is 4.74 Å². The first-order valence-electron chi connectivity index (χ1n) is 6.37. The molecule has 1 heterocycles. The van der Waals surface area contributed by atoms with Gasteiger partial charge in [0.15, 0.2) is 5.78 Å². The lowest BCUT2D eigenvalue weighted by Crippen LogP contribution is -2.01. The second-order valence-corrected chi connectivity index (χ2v) is 4.50. The van der Waals surface area contributed by atoms with Crippen molar-refractivity contribution >= 4 is 11.9 Å². The van der Waals surface area contributed by atoms with E-state index < -0.39 is 0 Å². The van der Waals surface area contributed by atoms with Crippen molar-refractivity contribution in [2.45, 2.75) is 6.42 Å². The Kier molecular flexibility index (Phi) is 3.15. The van der Waals surface area contributed by atoms with Gasteiger partial charge in [-0.2, -0.15) is 0 Å². The Morgan fingerprint density at radius 2 is 1.68 bits per heavy atom. The molecule has 0 fully saturated rings. The van der Waals surface area contributed by atoms with Crippen molar-refractivity contribution in [3.63, 3.8) is 0 Å². The van der Waals surface area contributed by atoms with E-state index in [1.807, 2.05) is 60.7 Å². The maximum Gasteiger partial charge on any atom is 0.192 e. The lowest BCUT2D eigenvalue weighted by Gasteiger charge is -2.04. The van der Waals surface area contributed by atoms with Crippen LogP contribution in [0.3, 0.4) is 0 Å². The monoisotopic (exact) mass is 250 g/mol. The summed E-state index contributed by atoms with van der Waals surface area (Å²) in [5.41, 5.74) is 2.50. The Hall–Kier alpha value is -2.35. The molecule has 0 spiro atoms. The topological polar surface area (TPSA) is 26.3 Å². The Balaban J connectivity index is 2.01. The van der Waals surface area contributed by atoms with Gasteiger partial charge in [0.05, 0.1) is 12.2 Å². The van der Waals surface area contributed by atoms with E-state index in [9.17, 15) is 4.79 Å². The normalized spacial score (nSPS) is 16.6. The van der Waals surface area contributed by atoms with E-state index in [-0.39, 0.29) is 5.78 Å². The number of carbonyl (C=O) groups excluding carboxylic acids is 1. The summed E-state index contributed by atoms with van der Waals surface area (Å²) in [7, 11) is 0. The van der Waals surface area contributed by atoms with Gasteiger partial charge in [0.2, 0.25) is 0 Å². The Morgan fingerprint density at radius 3 is 2.53 bits per heavy atom. The van der Waals surface area contributed by atoms with Gasteiger partial charge in [-0.3, -0.25) is 4.79 Å². The van der Waals surface area contributed by atoms with E-state index in [0.717, 1.165) is 11.1 Å². The number of rotatable bonds is 1. The van der Waals surface area contributed by atoms with Crippen LogP contribution in [0, 0.1) is 0 Å². The van der Waals surface area contributed by atoms with Gasteiger partial charge in [-0.15, -0.1) is 0 Å². The minimum atomic E-state index is 0.0666. The van der Waals surface area contributed by atoms with E-state index in [2.05, 4.69) is 0 Å². The van der Waals surface area contributed by atoms with Gasteiger partial charge in [0.25, 0.3) is 0 Å². The molecule has 1 aliphatic heterocycles. The molecule has 0 saturated heterocycles. The first-order chi connectivity index (χ1) is 9.34. The highest BCUT2D eigenvalue weighted by molar-refractivity contribution is 6.13. The van der Waals surface area contributed by atoms with Crippen LogP contribution < -0.4 is 4.74 Å². The molecule has 1 aliphatic rings. The Morgan fingerprint density at radius 1 is 0.947 bits per heavy atom. The average molecular weight is 250 g/mol. The molecule has 0 unspecified atom stereocenters. The molecule has 0 aliphatic carbocycles. The van der Waals surface area contributed by atoms with Crippen LogP contribution in [0.25, 0.3) is 6.08 Å². The SMILES string of the molecule is O=C1C(=Cc2ccccc2)CCOc2ccccc21. The van der Waals surface area contributed by atoms with Gasteiger partial charge in [-0.1, -0.05) is 42.5 Å². The second-order valence-electron chi connectivity index (χ2n) is 4.50. The van der Waals surface area contributed by atoms with E-state index in [0.29, 0.717) is 24.3 Å². The summed E-state index contributed by atoms with van der Waals surface area (Å²) in [4.78, 5) is 12.5. The summed E-state index contributed by atoms with van der Waals surface area (Å²) in [6.45, 7) is 0.543. The van der Waals surface area contributed by atoms with Crippen LogP contribution in [0.4, 0.5) is 0 Å². The summed E-state index contributed by atoms with van der Waals surface area (Å²) in [6.07, 6.45) is 2.59. The quantitative estimate of drug-likeness (QED) is 0.721. The second kappa shape index (κ2) is 5.11. The third-order valence-corrected chi connectivity index (χ3v) is 3.19. The molecule has 94 valence electrons. The first kappa shape index (κ1) is 11.7. The number of fused-ring (bicyclic) bond motifs is 1. The zero-order valence-electron chi connectivity index (χ0n) is 10.5. The standard InChI is InChI=1S/C17H14O2/c18-17-14(12-13-6-2-1-3-7-13)10-11-19-16-9-5-4-8-15(16)17/h1-9,12H,10-11H2. The first-order valence-corrected chi connectivity index (χ1v) is 6.37. The summed E-state index contributed by atoms with van der Waals surface area (Å²) in [5, 5.41) is 0. The van der Waals surface area contributed by atoms with Crippen molar-refractivity contribution in [1.29, 1.82) is 0 Å². The zero-order valence-corrected chi connectivity index (χ0v) is 10.5. The van der Waals surface area contributed by atoms with Crippen molar-refractivity contribution in [2.24, 2.45) is 0 Å². The van der Waals surface area contributed by atoms with Crippen molar-refractivity contribution < 1.29 is 9.53 Å². The molecule has 0 aromatic heterocycles. The number of Topliss-reactive ketones (excluding diaryl/α,β-unsaturated/α-hetero) is 1. The largest absolute Gasteiger partial charge is 0.492 e. The zero-order chi connectivity index (χ0) is 13.1. The van der Waals surface area contributed by atoms with Crippen molar-refractivity contribution in [3.05, 3.63) is 71.3 Å². The molecule has 0 bridgehead atoms. The maximum atomic E-state index is 12.5. The highest BCUT2D eigenvalue weighted by atomic mass is 16.5. The third-order valence-electron chi connectivity index (χ3n) is 3.19. The Bertz CT molecular complexity index is 627. The highest BCUT2D eigenvalue weighted by Gasteiger charge is 2.20. The van der Waals surface area contributed by atoms with Gasteiger partial charge in [-0.25, -0.2) is 0 Å². The number of carbonyl (C=O) groups is 1. The summed E-state index contributed by atoms with van der Waals surface area (Å²) in [6, 6.07) is 17.3. The number of benzene rings is 2. The fourth-order valence-corrected chi connectivity index (χ4v) is 2.23. The van der Waals surface area contributed by atoms with Gasteiger partial charge in [0, 0.05) is 12.0 Å². The molecule has 0 amide bonds. The minimum Gasteiger partial charge on any atom is -0.492 e. The number of hydrogen-bond donors (Lipinski definition) is 0. The maximum absolute atomic E-state index is 12.5. The van der Waals surface area contributed by atoms with E-state index in [1.54, 1.807) is 0 Å². The van der Waals surface area contributed by atoms with Crippen LogP contribution in [-0.2, 0) is 0 Å². The van der Waals surface area contributed by atoms with Crippen LogP contribution in [0.1, 0.15) is 22.3 Å². The summed E-state index contributed by atoms with van der Waals surface area (Å²) in [5.74, 6) is 0.751. The molecule has 2 aromatic rings. The van der Waals surface area contributed by atoms with Crippen LogP contribution in [0.15, 0.2) is 60.2 Å². The highest BCUT2D eigenvalue weighted by Crippen LogP contribution is 2.27. The van der Waals surface area contributed by atoms with Crippen molar-refractivity contribution in [2.75, 3.05) is 6.61 Å². The fourth-order valence-electron chi connectivity index (χ4n) is 2.23. The number of ether oxygens (including phenoxy) is 1. The molecule has 0 atom stereocenters. The average Bonchev–Trinajstić information content (AvgIpc) is 2.61. The fraction of sp³-hybridized carbons (Fsp3) is 0.118. The summed E-state index contributed by atoms with van der Waals surface area (Å²) < 4.78 is 5.63. The van der Waals surface area contributed by atoms with E-state index in [4.69, 9.17) is 4.74 Å². The lowest BCUT2D eigenvalue weighted by atomic mass is 9.99. The van der Waals surface area contributed by atoms with Crippen molar-refractivity contribution in [3.8, 4) is 5.75 Å². The smallest absolute Gasteiger partial charge is 0.192 e. The number of hydrogen-bond acceptors (Lipinski definition) is 2. The molecular weight excluding hydrogens is 236 g/mol. The van der Waals surface area contributed by atoms with Crippen molar-refractivity contribution in [1.82, 2.24) is 0 Å². The van der Waals surface area contributed by atoms with Gasteiger partial charge >= 0.3 is 0 Å². The molecule has 2 aromatic carbocycles. The third kappa shape index (κ3) is 2.43. The van der Waals surface area contributed by atoms with Crippen LogP contribution in [0.2, 0.25) is 0 Å². The number of para-hydroxylation sites is 1. The van der Waals surface area contributed by atoms with Crippen LogP contribution in [-0.4, -0.2) is 12.4 Å². The predicted octanol–water partition coefficient (Wildman–Crippen LogP) is 3.74. The molecule has 3 rings (SSSR count). The van der Waals surface area contributed by atoms with Gasteiger partial charge in [-0.05, 0) is 23.8 Å². The summed E-state index contributed by atoms with van der Waals surface area (Å²) >= 11 is 0. The molecule has 0 saturated carbocycles. The molecule has 0 radical (unpaired) electrons. The molecule has 0 N–H and O–H groups in total. The molecule has 2 nitrogen and oxygen atoms in total. The predicted molar refractivity (Wildman–Crippen MR) is 75.3 cm³/mol. The molecule has 19 heavy (non-hydrogen) atoms. The minimum absolute atomic E-state index is 0.0666. The number of ketones is 1. The van der Waals surface area contributed by atoms with E-state index in [1.165, 1.54) is 0 Å². The van der Waals surface area contributed by atoms with Crippen LogP contribution >= 0.6 is 0 Å². The van der Waals surface area contributed by atoms with Crippen LogP contribution in [0.5, 0.6) is 5.75 Å². The lowest BCUT2D eigenvalue weighted by molar-refractivity contribution is 0.103.